The average molecular weight is 276 g/mol. The summed E-state index contributed by atoms with van der Waals surface area (Å²) in [6, 6.07) is 0. The number of carbonyl (C=O) groups is 1. The first kappa shape index (κ1) is 13.9. The van der Waals surface area contributed by atoms with Crippen LogP contribution in [-0.2, 0) is 9.53 Å². The normalized spacial score (nSPS) is 38.2. The molecule has 2 saturated carbocycles. The maximum atomic E-state index is 11.0. The van der Waals surface area contributed by atoms with Gasteiger partial charge in [0.2, 0.25) is 0 Å². The molecule has 0 aromatic rings. The third-order valence-electron chi connectivity index (χ3n) is 5.37. The zero-order valence-electron chi connectivity index (χ0n) is 12.0. The van der Waals surface area contributed by atoms with Crippen molar-refractivity contribution in [1.29, 1.82) is 0 Å². The summed E-state index contributed by atoms with van der Waals surface area (Å²) in [7, 11) is 0. The molecule has 0 atom stereocenters. The number of allylic oxidation sites excluding steroid dienone is 1. The predicted molar refractivity (Wildman–Crippen MR) is 77.0 cm³/mol. The highest BCUT2D eigenvalue weighted by Crippen LogP contribution is 2.49. The van der Waals surface area contributed by atoms with Gasteiger partial charge in [0, 0.05) is 6.08 Å². The molecule has 1 spiro atoms. The summed E-state index contributed by atoms with van der Waals surface area (Å²) in [6.07, 6.45) is 15.3. The second-order valence-corrected chi connectivity index (χ2v) is 6.75. The minimum Gasteiger partial charge on any atom is -0.458 e. The van der Waals surface area contributed by atoms with Crippen LogP contribution in [0.1, 0.15) is 51.4 Å². The van der Waals surface area contributed by atoms with Gasteiger partial charge in [-0.2, -0.15) is 0 Å². The first-order valence-electron chi connectivity index (χ1n) is 7.89. The SMILES string of the molecule is O=C1C=C(/C=C\C2CCC3(CCC(O)CC3)CC2)CO1. The van der Waals surface area contributed by atoms with Crippen molar-refractivity contribution in [3.8, 4) is 0 Å². The Morgan fingerprint density at radius 3 is 2.40 bits per heavy atom. The Morgan fingerprint density at radius 1 is 1.15 bits per heavy atom. The van der Waals surface area contributed by atoms with Crippen molar-refractivity contribution in [2.75, 3.05) is 6.61 Å². The molecule has 3 heteroatoms. The number of aliphatic hydroxyl groups is 1. The van der Waals surface area contributed by atoms with E-state index in [0.717, 1.165) is 18.4 Å². The molecule has 2 fully saturated rings. The zero-order valence-corrected chi connectivity index (χ0v) is 12.0. The van der Waals surface area contributed by atoms with Crippen LogP contribution in [0.5, 0.6) is 0 Å². The van der Waals surface area contributed by atoms with Crippen LogP contribution in [0.2, 0.25) is 0 Å². The number of hydrogen-bond acceptors (Lipinski definition) is 3. The van der Waals surface area contributed by atoms with Gasteiger partial charge in [0.25, 0.3) is 0 Å². The van der Waals surface area contributed by atoms with Gasteiger partial charge in [-0.25, -0.2) is 4.79 Å². The third-order valence-corrected chi connectivity index (χ3v) is 5.37. The fourth-order valence-electron chi connectivity index (χ4n) is 3.90. The lowest BCUT2D eigenvalue weighted by Crippen LogP contribution is -2.33. The summed E-state index contributed by atoms with van der Waals surface area (Å²) in [4.78, 5) is 11.0. The molecule has 2 aliphatic carbocycles. The Kier molecular flexibility index (Phi) is 3.97. The second-order valence-electron chi connectivity index (χ2n) is 6.75. The predicted octanol–water partition coefficient (Wildman–Crippen LogP) is 3.14. The molecule has 0 unspecified atom stereocenters. The van der Waals surface area contributed by atoms with E-state index in [4.69, 9.17) is 4.74 Å². The molecule has 3 nitrogen and oxygen atoms in total. The molecule has 20 heavy (non-hydrogen) atoms. The topological polar surface area (TPSA) is 46.5 Å². The molecule has 110 valence electrons. The Balaban J connectivity index is 1.50. The van der Waals surface area contributed by atoms with E-state index < -0.39 is 0 Å². The van der Waals surface area contributed by atoms with E-state index >= 15 is 0 Å². The lowest BCUT2D eigenvalue weighted by Gasteiger charge is -2.43. The van der Waals surface area contributed by atoms with Crippen molar-refractivity contribution < 1.29 is 14.6 Å². The van der Waals surface area contributed by atoms with Crippen molar-refractivity contribution in [2.45, 2.75) is 57.5 Å². The lowest BCUT2D eigenvalue weighted by atomic mass is 9.63. The Labute approximate surface area is 120 Å². The highest BCUT2D eigenvalue weighted by atomic mass is 16.5. The van der Waals surface area contributed by atoms with Crippen LogP contribution in [0.15, 0.2) is 23.8 Å². The molecule has 3 aliphatic rings. The highest BCUT2D eigenvalue weighted by molar-refractivity contribution is 5.85. The highest BCUT2D eigenvalue weighted by Gasteiger charge is 2.37. The molecule has 0 aromatic carbocycles. The Hall–Kier alpha value is -1.09. The van der Waals surface area contributed by atoms with Crippen molar-refractivity contribution in [2.24, 2.45) is 11.3 Å². The van der Waals surface area contributed by atoms with Crippen molar-refractivity contribution in [1.82, 2.24) is 0 Å². The first-order chi connectivity index (χ1) is 9.65. The van der Waals surface area contributed by atoms with Crippen LogP contribution in [0.3, 0.4) is 0 Å². The van der Waals surface area contributed by atoms with Crippen LogP contribution >= 0.6 is 0 Å². The molecule has 0 bridgehead atoms. The van der Waals surface area contributed by atoms with E-state index in [-0.39, 0.29) is 12.1 Å². The molecular formula is C17H24O3. The first-order valence-corrected chi connectivity index (χ1v) is 7.89. The summed E-state index contributed by atoms with van der Waals surface area (Å²) in [5.41, 5.74) is 1.52. The van der Waals surface area contributed by atoms with E-state index in [2.05, 4.69) is 12.2 Å². The van der Waals surface area contributed by atoms with Gasteiger partial charge in [0.05, 0.1) is 6.10 Å². The largest absolute Gasteiger partial charge is 0.458 e. The monoisotopic (exact) mass is 276 g/mol. The lowest BCUT2D eigenvalue weighted by molar-refractivity contribution is -0.134. The summed E-state index contributed by atoms with van der Waals surface area (Å²) >= 11 is 0. The van der Waals surface area contributed by atoms with E-state index in [1.165, 1.54) is 38.5 Å². The fourth-order valence-corrected chi connectivity index (χ4v) is 3.90. The van der Waals surface area contributed by atoms with Crippen molar-refractivity contribution in [3.05, 3.63) is 23.8 Å². The summed E-state index contributed by atoms with van der Waals surface area (Å²) in [5, 5.41) is 9.65. The van der Waals surface area contributed by atoms with Crippen LogP contribution in [0, 0.1) is 11.3 Å². The summed E-state index contributed by atoms with van der Waals surface area (Å²) < 4.78 is 4.90. The molecule has 1 N–H and O–H groups in total. The minimum absolute atomic E-state index is 0.0508. The van der Waals surface area contributed by atoms with Gasteiger partial charge < -0.3 is 9.84 Å². The fraction of sp³-hybridized carbons (Fsp3) is 0.706. The maximum Gasteiger partial charge on any atom is 0.331 e. The van der Waals surface area contributed by atoms with Gasteiger partial charge in [0.15, 0.2) is 0 Å². The number of carbonyl (C=O) groups excluding carboxylic acids is 1. The standard InChI is InChI=1S/C17H24O3/c18-15-5-9-17(10-6-15)7-3-13(4-8-17)1-2-14-11-16(19)20-12-14/h1-2,11,13,15,18H,3-10,12H2/b2-1-. The molecule has 1 aliphatic heterocycles. The van der Waals surface area contributed by atoms with Gasteiger partial charge in [-0.15, -0.1) is 0 Å². The molecule has 0 amide bonds. The van der Waals surface area contributed by atoms with E-state index in [1.807, 2.05) is 0 Å². The number of aliphatic hydroxyl groups excluding tert-OH is 1. The molecule has 3 rings (SSSR count). The van der Waals surface area contributed by atoms with Gasteiger partial charge in [-0.3, -0.25) is 0 Å². The second kappa shape index (κ2) is 5.72. The zero-order chi connectivity index (χ0) is 14.0. The van der Waals surface area contributed by atoms with E-state index in [9.17, 15) is 9.90 Å². The minimum atomic E-state index is -0.215. The van der Waals surface area contributed by atoms with Crippen LogP contribution in [0.4, 0.5) is 0 Å². The quantitative estimate of drug-likeness (QED) is 0.788. The number of cyclic esters (lactones) is 1. The smallest absolute Gasteiger partial charge is 0.331 e. The van der Waals surface area contributed by atoms with Crippen LogP contribution < -0.4 is 0 Å². The van der Waals surface area contributed by atoms with Gasteiger partial charge in [0.1, 0.15) is 6.61 Å². The number of esters is 1. The van der Waals surface area contributed by atoms with Crippen molar-refractivity contribution in [3.63, 3.8) is 0 Å². The van der Waals surface area contributed by atoms with Crippen molar-refractivity contribution >= 4 is 5.97 Å². The molecule has 0 aromatic heterocycles. The van der Waals surface area contributed by atoms with E-state index in [0.29, 0.717) is 17.9 Å². The van der Waals surface area contributed by atoms with Crippen LogP contribution in [-0.4, -0.2) is 23.8 Å². The Morgan fingerprint density at radius 2 is 1.80 bits per heavy atom. The average Bonchev–Trinajstić information content (AvgIpc) is 2.88. The van der Waals surface area contributed by atoms with Crippen LogP contribution in [0.25, 0.3) is 0 Å². The maximum absolute atomic E-state index is 11.0. The number of rotatable bonds is 2. The van der Waals surface area contributed by atoms with E-state index in [1.54, 1.807) is 6.08 Å². The summed E-state index contributed by atoms with van der Waals surface area (Å²) in [5.74, 6) is 0.428. The number of ether oxygens (including phenoxy) is 1. The molecule has 0 saturated heterocycles. The Bertz CT molecular complexity index is 418. The molecular weight excluding hydrogens is 252 g/mol. The third kappa shape index (κ3) is 3.14. The van der Waals surface area contributed by atoms with Gasteiger partial charge in [-0.05, 0) is 68.3 Å². The molecule has 1 heterocycles. The number of hydrogen-bond donors (Lipinski definition) is 1. The summed E-state index contributed by atoms with van der Waals surface area (Å²) in [6.45, 7) is 0.434. The van der Waals surface area contributed by atoms with Gasteiger partial charge >= 0.3 is 5.97 Å². The molecule has 0 radical (unpaired) electrons. The van der Waals surface area contributed by atoms with Gasteiger partial charge in [-0.1, -0.05) is 12.2 Å².